The molecule has 0 aliphatic rings. The minimum atomic E-state index is 0.407. The molecular weight excluding hydrogens is 148 g/mol. The van der Waals surface area contributed by atoms with Crippen molar-refractivity contribution < 1.29 is 0 Å². The van der Waals surface area contributed by atoms with E-state index in [0.29, 0.717) is 10.8 Å². The average Bonchev–Trinajstić information content (AvgIpc) is 1.84. The predicted molar refractivity (Wildman–Crippen MR) is 43.1 cm³/mol. The van der Waals surface area contributed by atoms with Gasteiger partial charge >= 0.3 is 0 Å². The number of hydrogen-bond donors (Lipinski definition) is 1. The molecule has 0 aliphatic carbocycles. The lowest BCUT2D eigenvalue weighted by atomic mass is 10.2. The zero-order chi connectivity index (χ0) is 7.72. The summed E-state index contributed by atoms with van der Waals surface area (Å²) in [7, 11) is 0. The minimum absolute atomic E-state index is 0.407. The van der Waals surface area contributed by atoms with Crippen LogP contribution in [0.15, 0.2) is 6.07 Å². The fourth-order valence-electron chi connectivity index (χ4n) is 0.691. The molecule has 0 bridgehead atoms. The van der Waals surface area contributed by atoms with Crippen molar-refractivity contribution in [3.05, 3.63) is 22.3 Å². The van der Waals surface area contributed by atoms with E-state index in [9.17, 15) is 0 Å². The number of nitrogens with zero attached hydrogens (tertiary/aromatic N) is 1. The number of aryl methyl sites for hydroxylation is 2. The van der Waals surface area contributed by atoms with Crippen molar-refractivity contribution in [3.63, 3.8) is 0 Å². The maximum atomic E-state index is 5.70. The van der Waals surface area contributed by atoms with Gasteiger partial charge in [0.2, 0.25) is 0 Å². The van der Waals surface area contributed by atoms with Crippen molar-refractivity contribution >= 4 is 17.4 Å². The van der Waals surface area contributed by atoms with Crippen LogP contribution in [0, 0.1) is 13.8 Å². The first-order chi connectivity index (χ1) is 4.61. The summed E-state index contributed by atoms with van der Waals surface area (Å²) in [5.74, 6) is 0.407. The van der Waals surface area contributed by atoms with Crippen LogP contribution in [0.25, 0.3) is 0 Å². The first-order valence-corrected chi connectivity index (χ1v) is 3.38. The number of halogens is 1. The zero-order valence-corrected chi connectivity index (χ0v) is 6.74. The van der Waals surface area contributed by atoms with E-state index >= 15 is 0 Å². The second-order valence-electron chi connectivity index (χ2n) is 2.26. The van der Waals surface area contributed by atoms with E-state index in [-0.39, 0.29) is 0 Å². The number of rotatable bonds is 0. The van der Waals surface area contributed by atoms with Crippen molar-refractivity contribution in [1.29, 1.82) is 0 Å². The molecule has 1 heterocycles. The van der Waals surface area contributed by atoms with Crippen molar-refractivity contribution in [3.8, 4) is 0 Å². The Morgan fingerprint density at radius 3 is 2.60 bits per heavy atom. The topological polar surface area (TPSA) is 38.9 Å². The molecule has 1 rings (SSSR count). The third kappa shape index (κ3) is 1.21. The lowest BCUT2D eigenvalue weighted by molar-refractivity contribution is 1.16. The molecule has 0 unspecified atom stereocenters. The molecule has 0 atom stereocenters. The van der Waals surface area contributed by atoms with Crippen molar-refractivity contribution in [2.75, 3.05) is 5.73 Å². The fraction of sp³-hybridized carbons (Fsp3) is 0.286. The summed E-state index contributed by atoms with van der Waals surface area (Å²) in [6, 6.07) is 1.82. The first kappa shape index (κ1) is 7.35. The number of nitrogens with two attached hydrogens (primary N) is 1. The van der Waals surface area contributed by atoms with Gasteiger partial charge in [0.15, 0.2) is 0 Å². The molecule has 0 saturated carbocycles. The minimum Gasteiger partial charge on any atom is -0.382 e. The van der Waals surface area contributed by atoms with Gasteiger partial charge in [-0.15, -0.1) is 0 Å². The monoisotopic (exact) mass is 156 g/mol. The molecule has 2 N–H and O–H groups in total. The molecular formula is C7H9ClN2. The number of nitrogen functional groups attached to an aromatic ring is 1. The summed E-state index contributed by atoms with van der Waals surface area (Å²) in [5.41, 5.74) is 7.45. The number of anilines is 1. The summed E-state index contributed by atoms with van der Waals surface area (Å²) in [5, 5.41) is 0.531. The smallest absolute Gasteiger partial charge is 0.142 e. The van der Waals surface area contributed by atoms with E-state index in [2.05, 4.69) is 4.98 Å². The summed E-state index contributed by atoms with van der Waals surface area (Å²) in [6.45, 7) is 3.86. The van der Waals surface area contributed by atoms with Crippen molar-refractivity contribution in [2.45, 2.75) is 13.8 Å². The van der Waals surface area contributed by atoms with Crippen molar-refractivity contribution in [2.24, 2.45) is 0 Å². The molecule has 0 aliphatic heterocycles. The second-order valence-corrected chi connectivity index (χ2v) is 2.66. The number of hydrogen-bond acceptors (Lipinski definition) is 2. The Kier molecular flexibility index (Phi) is 1.81. The Balaban J connectivity index is 3.28. The Bertz CT molecular complexity index is 208. The van der Waals surface area contributed by atoms with Gasteiger partial charge in [0, 0.05) is 5.69 Å². The van der Waals surface area contributed by atoms with Gasteiger partial charge in [0.25, 0.3) is 0 Å². The molecule has 0 saturated heterocycles. The van der Waals surface area contributed by atoms with E-state index in [0.717, 1.165) is 11.3 Å². The molecule has 54 valence electrons. The fourth-order valence-corrected chi connectivity index (χ4v) is 0.897. The standard InChI is InChI=1S/C7H9ClN2/c1-4-3-6(8)7(9)10-5(4)2/h3H,1-2H3,(H2,9,10). The highest BCUT2D eigenvalue weighted by atomic mass is 35.5. The summed E-state index contributed by atoms with van der Waals surface area (Å²) < 4.78 is 0. The molecule has 1 aromatic heterocycles. The Morgan fingerprint density at radius 1 is 1.50 bits per heavy atom. The van der Waals surface area contributed by atoms with Gasteiger partial charge in [-0.3, -0.25) is 0 Å². The van der Waals surface area contributed by atoms with Crippen LogP contribution < -0.4 is 5.73 Å². The molecule has 1 aromatic rings. The second kappa shape index (κ2) is 2.46. The summed E-state index contributed by atoms with van der Waals surface area (Å²) in [4.78, 5) is 4.02. The predicted octanol–water partition coefficient (Wildman–Crippen LogP) is 1.93. The molecule has 3 heteroatoms. The maximum absolute atomic E-state index is 5.70. The first-order valence-electron chi connectivity index (χ1n) is 3.00. The highest BCUT2D eigenvalue weighted by Gasteiger charge is 1.99. The third-order valence-electron chi connectivity index (χ3n) is 1.45. The highest BCUT2D eigenvalue weighted by molar-refractivity contribution is 6.32. The van der Waals surface area contributed by atoms with E-state index in [1.807, 2.05) is 19.9 Å². The Morgan fingerprint density at radius 2 is 2.10 bits per heavy atom. The van der Waals surface area contributed by atoms with Gasteiger partial charge in [-0.1, -0.05) is 11.6 Å². The van der Waals surface area contributed by atoms with Gasteiger partial charge < -0.3 is 5.73 Å². The van der Waals surface area contributed by atoms with Gasteiger partial charge in [0.1, 0.15) is 5.82 Å². The van der Waals surface area contributed by atoms with Gasteiger partial charge in [-0.25, -0.2) is 4.98 Å². The molecule has 0 radical (unpaired) electrons. The summed E-state index contributed by atoms with van der Waals surface area (Å²) >= 11 is 5.70. The van der Waals surface area contributed by atoms with Crippen LogP contribution in [0.2, 0.25) is 5.02 Å². The van der Waals surface area contributed by atoms with E-state index in [1.54, 1.807) is 0 Å². The molecule has 0 fully saturated rings. The zero-order valence-electron chi connectivity index (χ0n) is 5.98. The molecule has 0 amide bonds. The van der Waals surface area contributed by atoms with Gasteiger partial charge in [-0.2, -0.15) is 0 Å². The molecule has 0 spiro atoms. The highest BCUT2D eigenvalue weighted by Crippen LogP contribution is 2.18. The van der Waals surface area contributed by atoms with E-state index in [1.165, 1.54) is 0 Å². The van der Waals surface area contributed by atoms with Crippen LogP contribution >= 0.6 is 11.6 Å². The quantitative estimate of drug-likeness (QED) is 0.624. The largest absolute Gasteiger partial charge is 0.382 e. The van der Waals surface area contributed by atoms with Crippen LogP contribution in [0.3, 0.4) is 0 Å². The van der Waals surface area contributed by atoms with Crippen molar-refractivity contribution in [1.82, 2.24) is 4.98 Å². The van der Waals surface area contributed by atoms with Crippen LogP contribution in [-0.2, 0) is 0 Å². The Labute approximate surface area is 65.0 Å². The third-order valence-corrected chi connectivity index (χ3v) is 1.75. The van der Waals surface area contributed by atoms with Crippen LogP contribution in [-0.4, -0.2) is 4.98 Å². The van der Waals surface area contributed by atoms with E-state index < -0.39 is 0 Å². The normalized spacial score (nSPS) is 9.90. The number of pyridine rings is 1. The van der Waals surface area contributed by atoms with Gasteiger partial charge in [-0.05, 0) is 25.5 Å². The van der Waals surface area contributed by atoms with Crippen LogP contribution in [0.4, 0.5) is 5.82 Å². The lowest BCUT2D eigenvalue weighted by Crippen LogP contribution is -1.95. The average molecular weight is 157 g/mol. The molecule has 0 aromatic carbocycles. The molecule has 2 nitrogen and oxygen atoms in total. The maximum Gasteiger partial charge on any atom is 0.142 e. The van der Waals surface area contributed by atoms with Crippen LogP contribution in [0.1, 0.15) is 11.3 Å². The summed E-state index contributed by atoms with van der Waals surface area (Å²) in [6.07, 6.45) is 0. The van der Waals surface area contributed by atoms with Crippen LogP contribution in [0.5, 0.6) is 0 Å². The van der Waals surface area contributed by atoms with E-state index in [4.69, 9.17) is 17.3 Å². The Hall–Kier alpha value is -0.760. The lowest BCUT2D eigenvalue weighted by Gasteiger charge is -2.01. The molecule has 10 heavy (non-hydrogen) atoms. The SMILES string of the molecule is Cc1cc(Cl)c(N)nc1C. The number of aromatic nitrogens is 1. The van der Waals surface area contributed by atoms with Gasteiger partial charge in [0.05, 0.1) is 5.02 Å².